The Balaban J connectivity index is 1.13. The first-order valence-corrected chi connectivity index (χ1v) is 14.3. The Hall–Kier alpha value is -3.10. The van der Waals surface area contributed by atoms with Crippen LogP contribution in [0, 0.1) is 23.7 Å². The van der Waals surface area contributed by atoms with Crippen LogP contribution in [-0.4, -0.2) is 39.8 Å². The molecule has 6 atom stereocenters. The molecule has 3 aliphatic rings. The van der Waals surface area contributed by atoms with Crippen molar-refractivity contribution in [3.63, 3.8) is 0 Å². The summed E-state index contributed by atoms with van der Waals surface area (Å²) in [5.41, 5.74) is 2.99. The SMILES string of the molecule is O=C(COC(=O)c1cccc(N2C(=O)[C@H]3[C@@H]4C[C@H]([C@@H](Br)[C@H]4Br)[C@@H]3C2=O)c1)c1ccc(-c2ccccc2)cc1. The molecule has 0 unspecified atom stereocenters. The topological polar surface area (TPSA) is 80.8 Å². The number of anilines is 1. The van der Waals surface area contributed by atoms with Gasteiger partial charge in [-0.1, -0.05) is 92.5 Å². The van der Waals surface area contributed by atoms with E-state index in [9.17, 15) is 19.2 Å². The largest absolute Gasteiger partial charge is 0.454 e. The Morgan fingerprint density at radius 3 is 2.00 bits per heavy atom. The van der Waals surface area contributed by atoms with Crippen LogP contribution in [0.1, 0.15) is 27.1 Å². The number of benzene rings is 3. The van der Waals surface area contributed by atoms with Gasteiger partial charge in [0, 0.05) is 15.2 Å². The Morgan fingerprint density at radius 1 is 0.763 bits per heavy atom. The lowest BCUT2D eigenvalue weighted by Crippen LogP contribution is -2.37. The van der Waals surface area contributed by atoms with Crippen molar-refractivity contribution < 1.29 is 23.9 Å². The highest BCUT2D eigenvalue weighted by Crippen LogP contribution is 2.60. The van der Waals surface area contributed by atoms with E-state index >= 15 is 0 Å². The van der Waals surface area contributed by atoms with Crippen molar-refractivity contribution in [1.82, 2.24) is 0 Å². The molecule has 8 heteroatoms. The minimum absolute atomic E-state index is 0.108. The fraction of sp³-hybridized carbons (Fsp3) is 0.267. The van der Waals surface area contributed by atoms with Crippen molar-refractivity contribution >= 4 is 61.1 Å². The predicted octanol–water partition coefficient (Wildman–Crippen LogP) is 5.68. The summed E-state index contributed by atoms with van der Waals surface area (Å²) >= 11 is 7.39. The van der Waals surface area contributed by atoms with E-state index in [4.69, 9.17) is 4.74 Å². The van der Waals surface area contributed by atoms with E-state index in [1.165, 1.54) is 11.0 Å². The molecule has 3 aromatic rings. The monoisotopic (exact) mass is 635 g/mol. The first kappa shape index (κ1) is 25.2. The Kier molecular flexibility index (Phi) is 6.56. The Morgan fingerprint density at radius 2 is 1.37 bits per heavy atom. The van der Waals surface area contributed by atoms with Crippen molar-refractivity contribution in [3.05, 3.63) is 90.0 Å². The molecule has 38 heavy (non-hydrogen) atoms. The van der Waals surface area contributed by atoms with Gasteiger partial charge in [0.25, 0.3) is 0 Å². The summed E-state index contributed by atoms with van der Waals surface area (Å²) in [5.74, 6) is -1.91. The van der Waals surface area contributed by atoms with Gasteiger partial charge in [0.1, 0.15) is 0 Å². The number of carbonyl (C=O) groups is 4. The second-order valence-corrected chi connectivity index (χ2v) is 12.1. The number of Topliss-reactive ketones (excluding diaryl/α,β-unsaturated/α-hetero) is 1. The third-order valence-corrected chi connectivity index (χ3v) is 11.2. The second-order valence-electron chi connectivity index (χ2n) is 10.0. The summed E-state index contributed by atoms with van der Waals surface area (Å²) < 4.78 is 5.29. The fourth-order valence-corrected chi connectivity index (χ4v) is 8.03. The molecular weight excluding hydrogens is 614 g/mol. The lowest BCUT2D eigenvalue weighted by Gasteiger charge is -2.28. The number of carbonyl (C=O) groups excluding carboxylic acids is 4. The van der Waals surface area contributed by atoms with Gasteiger partial charge in [0.2, 0.25) is 11.8 Å². The molecule has 6 nitrogen and oxygen atoms in total. The third-order valence-electron chi connectivity index (χ3n) is 7.98. The predicted molar refractivity (Wildman–Crippen MR) is 149 cm³/mol. The van der Waals surface area contributed by atoms with Crippen molar-refractivity contribution in [1.29, 1.82) is 0 Å². The van der Waals surface area contributed by atoms with Crippen molar-refractivity contribution in [2.45, 2.75) is 16.1 Å². The van der Waals surface area contributed by atoms with Crippen molar-refractivity contribution in [2.24, 2.45) is 23.7 Å². The molecule has 6 rings (SSSR count). The number of fused-ring (bicyclic) bond motifs is 5. The highest BCUT2D eigenvalue weighted by molar-refractivity contribution is 9.12. The molecule has 192 valence electrons. The normalized spacial score (nSPS) is 27.5. The quantitative estimate of drug-likeness (QED) is 0.151. The lowest BCUT2D eigenvalue weighted by atomic mass is 9.81. The molecule has 2 saturated carbocycles. The smallest absolute Gasteiger partial charge is 0.338 e. The number of rotatable bonds is 6. The average Bonchev–Trinajstić information content (AvgIpc) is 3.56. The van der Waals surface area contributed by atoms with Crippen LogP contribution in [0.2, 0.25) is 0 Å². The number of imide groups is 1. The van der Waals surface area contributed by atoms with Crippen LogP contribution >= 0.6 is 31.9 Å². The first-order valence-electron chi connectivity index (χ1n) is 12.5. The van der Waals surface area contributed by atoms with E-state index < -0.39 is 12.6 Å². The van der Waals surface area contributed by atoms with Gasteiger partial charge < -0.3 is 4.74 Å². The van der Waals surface area contributed by atoms with E-state index in [1.54, 1.807) is 30.3 Å². The zero-order chi connectivity index (χ0) is 26.6. The average molecular weight is 637 g/mol. The molecular formula is C30H23Br2NO5. The number of hydrogen-bond donors (Lipinski definition) is 0. The molecule has 3 aromatic carbocycles. The molecule has 0 spiro atoms. The van der Waals surface area contributed by atoms with Crippen LogP contribution < -0.4 is 4.90 Å². The van der Waals surface area contributed by atoms with Gasteiger partial charge in [-0.3, -0.25) is 19.3 Å². The zero-order valence-electron chi connectivity index (χ0n) is 20.1. The van der Waals surface area contributed by atoms with Gasteiger partial charge in [0.05, 0.1) is 23.1 Å². The maximum Gasteiger partial charge on any atom is 0.338 e. The fourth-order valence-electron chi connectivity index (χ4n) is 6.15. The highest BCUT2D eigenvalue weighted by atomic mass is 79.9. The molecule has 1 heterocycles. The van der Waals surface area contributed by atoms with E-state index in [-0.39, 0.29) is 56.5 Å². The van der Waals surface area contributed by atoms with Gasteiger partial charge in [-0.05, 0) is 47.6 Å². The number of ketones is 1. The molecule has 1 aliphatic heterocycles. The highest BCUT2D eigenvalue weighted by Gasteiger charge is 2.66. The van der Waals surface area contributed by atoms with Crippen LogP contribution in [0.25, 0.3) is 11.1 Å². The molecule has 2 bridgehead atoms. The number of halogens is 2. The minimum Gasteiger partial charge on any atom is -0.454 e. The summed E-state index contributed by atoms with van der Waals surface area (Å²) in [6.07, 6.45) is 0.849. The van der Waals surface area contributed by atoms with E-state index in [1.807, 2.05) is 42.5 Å². The summed E-state index contributed by atoms with van der Waals surface area (Å²) in [5, 5.41) is 0. The summed E-state index contributed by atoms with van der Waals surface area (Å²) in [6.45, 7) is -0.415. The van der Waals surface area contributed by atoms with Gasteiger partial charge in [-0.15, -0.1) is 0 Å². The molecule has 0 aromatic heterocycles. The number of esters is 1. The standard InChI is InChI=1S/C30H23Br2NO5/c31-26-21-14-22(27(26)32)25-24(21)28(35)33(29(25)36)20-8-4-7-19(13-20)30(37)38-15-23(34)18-11-9-17(10-12-18)16-5-2-1-3-6-16/h1-13,21-22,24-27H,14-15H2/t21-,22-,24-,25-,26-,27+/m0/s1. The van der Waals surface area contributed by atoms with Crippen molar-refractivity contribution in [3.8, 4) is 11.1 Å². The van der Waals surface area contributed by atoms with Crippen LogP contribution in [-0.2, 0) is 14.3 Å². The number of amides is 2. The number of alkyl halides is 2. The van der Waals surface area contributed by atoms with Gasteiger partial charge in [-0.25, -0.2) is 4.79 Å². The zero-order valence-corrected chi connectivity index (χ0v) is 23.3. The maximum absolute atomic E-state index is 13.3. The summed E-state index contributed by atoms with van der Waals surface area (Å²) in [7, 11) is 0. The van der Waals surface area contributed by atoms with Gasteiger partial charge >= 0.3 is 5.97 Å². The van der Waals surface area contributed by atoms with E-state index in [0.717, 1.165) is 17.5 Å². The summed E-state index contributed by atoms with van der Waals surface area (Å²) in [4.78, 5) is 53.6. The van der Waals surface area contributed by atoms with Crippen molar-refractivity contribution in [2.75, 3.05) is 11.5 Å². The van der Waals surface area contributed by atoms with Gasteiger partial charge in [0.15, 0.2) is 12.4 Å². The Bertz CT molecular complexity index is 1410. The minimum atomic E-state index is -0.693. The third kappa shape index (κ3) is 4.14. The molecule has 2 aliphatic carbocycles. The second kappa shape index (κ2) is 9.89. The molecule has 1 saturated heterocycles. The Labute approximate surface area is 236 Å². The first-order chi connectivity index (χ1) is 18.3. The van der Waals surface area contributed by atoms with Crippen LogP contribution in [0.3, 0.4) is 0 Å². The summed E-state index contributed by atoms with van der Waals surface area (Å²) in [6, 6.07) is 23.2. The van der Waals surface area contributed by atoms with E-state index in [0.29, 0.717) is 11.3 Å². The number of nitrogens with zero attached hydrogens (tertiary/aromatic N) is 1. The van der Waals surface area contributed by atoms with Gasteiger partial charge in [-0.2, -0.15) is 0 Å². The van der Waals surface area contributed by atoms with Crippen LogP contribution in [0.4, 0.5) is 5.69 Å². The maximum atomic E-state index is 13.3. The number of ether oxygens (including phenoxy) is 1. The van der Waals surface area contributed by atoms with E-state index in [2.05, 4.69) is 31.9 Å². The lowest BCUT2D eigenvalue weighted by molar-refractivity contribution is -0.123. The molecule has 2 amide bonds. The molecule has 0 N–H and O–H groups in total. The molecule has 3 fully saturated rings. The number of hydrogen-bond acceptors (Lipinski definition) is 5. The molecule has 0 radical (unpaired) electrons. The van der Waals surface area contributed by atoms with Crippen LogP contribution in [0.15, 0.2) is 78.9 Å². The van der Waals surface area contributed by atoms with Crippen LogP contribution in [0.5, 0.6) is 0 Å².